The standard InChI is InChI=1S/C14H20N2O5S.C13H21N3O3S/c1-4-9-7(2)11(18)13(21-9)16-6-8(5-10(17)20-3)12(19)15-14(16)22;1-4-9-7(2)10(17)12(19-9)16-6-8(5-14-3)11(18)15-13(16)20/h6-7,9,11,13,18H,4-5H2,1-3H3,(H,15,19,22);6-7,9-10,12,14,17H,4-5H2,1-3H3,(H,15,18,20)/t7-,9+,11?,13+;7-,9+,10?,12+/m00/s1. The molecule has 0 saturated carbocycles. The van der Waals surface area contributed by atoms with E-state index in [-0.39, 0.29) is 51.1 Å². The number of aromatic amines is 2. The van der Waals surface area contributed by atoms with Gasteiger partial charge in [0, 0.05) is 41.9 Å². The zero-order valence-electron chi connectivity index (χ0n) is 24.7. The summed E-state index contributed by atoms with van der Waals surface area (Å²) in [5.74, 6) is -0.540. The lowest BCUT2D eigenvalue weighted by Crippen LogP contribution is -2.28. The quantitative estimate of drug-likeness (QED) is 0.214. The highest BCUT2D eigenvalue weighted by Crippen LogP contribution is 2.36. The van der Waals surface area contributed by atoms with Crippen LogP contribution in [0.15, 0.2) is 22.0 Å². The van der Waals surface area contributed by atoms with E-state index in [4.69, 9.17) is 33.9 Å². The predicted molar refractivity (Wildman–Crippen MR) is 159 cm³/mol. The number of rotatable bonds is 8. The molecule has 2 aliphatic rings. The number of hydrogen-bond acceptors (Lipinski definition) is 11. The van der Waals surface area contributed by atoms with Crippen LogP contribution in [0.25, 0.3) is 0 Å². The van der Waals surface area contributed by atoms with Gasteiger partial charge >= 0.3 is 5.97 Å². The smallest absolute Gasteiger partial charge is 0.310 e. The number of aromatic nitrogens is 4. The minimum absolute atomic E-state index is 0.00317. The number of H-pyrrole nitrogens is 2. The van der Waals surface area contributed by atoms with Crippen molar-refractivity contribution in [3.05, 3.63) is 53.8 Å². The van der Waals surface area contributed by atoms with Crippen LogP contribution in [0.4, 0.5) is 0 Å². The lowest BCUT2D eigenvalue weighted by molar-refractivity contribution is -0.139. The Balaban J connectivity index is 0.000000231. The van der Waals surface area contributed by atoms with Gasteiger partial charge in [-0.15, -0.1) is 0 Å². The molecule has 42 heavy (non-hydrogen) atoms. The Hall–Kier alpha value is -2.53. The molecule has 0 aliphatic carbocycles. The highest BCUT2D eigenvalue weighted by atomic mass is 32.1. The van der Waals surface area contributed by atoms with Gasteiger partial charge in [-0.05, 0) is 44.3 Å². The summed E-state index contributed by atoms with van der Waals surface area (Å²) in [5.41, 5.74) is 0.112. The molecular weight excluding hydrogens is 586 g/mol. The van der Waals surface area contributed by atoms with E-state index in [1.807, 2.05) is 27.7 Å². The molecule has 5 N–H and O–H groups in total. The fraction of sp³-hybridized carbons (Fsp3) is 0.667. The van der Waals surface area contributed by atoms with Crippen molar-refractivity contribution < 1.29 is 29.2 Å². The molecule has 8 atom stereocenters. The van der Waals surface area contributed by atoms with E-state index in [9.17, 15) is 24.6 Å². The second-order valence-electron chi connectivity index (χ2n) is 10.6. The lowest BCUT2D eigenvalue weighted by Gasteiger charge is -2.19. The molecule has 2 fully saturated rings. The molecule has 234 valence electrons. The van der Waals surface area contributed by atoms with Crippen molar-refractivity contribution in [1.29, 1.82) is 0 Å². The van der Waals surface area contributed by atoms with Crippen molar-refractivity contribution in [1.82, 2.24) is 24.4 Å². The van der Waals surface area contributed by atoms with Gasteiger partial charge in [-0.25, -0.2) is 0 Å². The number of aliphatic hydroxyl groups excluding tert-OH is 2. The fourth-order valence-electron chi connectivity index (χ4n) is 5.22. The molecule has 4 heterocycles. The third-order valence-electron chi connectivity index (χ3n) is 7.83. The number of aliphatic hydroxyl groups is 2. The summed E-state index contributed by atoms with van der Waals surface area (Å²) in [7, 11) is 3.02. The Morgan fingerprint density at radius 3 is 1.74 bits per heavy atom. The number of hydrogen-bond donors (Lipinski definition) is 5. The summed E-state index contributed by atoms with van der Waals surface area (Å²) in [4.78, 5) is 40.2. The van der Waals surface area contributed by atoms with Crippen LogP contribution in [0.2, 0.25) is 0 Å². The summed E-state index contributed by atoms with van der Waals surface area (Å²) < 4.78 is 19.8. The van der Waals surface area contributed by atoms with Gasteiger partial charge in [-0.2, -0.15) is 0 Å². The van der Waals surface area contributed by atoms with E-state index in [0.717, 1.165) is 12.8 Å². The molecule has 2 unspecified atom stereocenters. The molecule has 15 heteroatoms. The Kier molecular flexibility index (Phi) is 11.9. The monoisotopic (exact) mass is 627 g/mol. The van der Waals surface area contributed by atoms with E-state index >= 15 is 0 Å². The SMILES string of the molecule is CC[C@H]1O[C@@H](n2cc(CC(=O)OC)c(=O)[nH]c2=S)C(O)[C@H]1C.CC[C@H]1O[C@@H](n2cc(CNC)c(=O)[nH]c2=S)C(O)[C@H]1C. The van der Waals surface area contributed by atoms with Gasteiger partial charge in [0.05, 0.1) is 25.7 Å². The number of carbonyl (C=O) groups is 1. The Labute approximate surface area is 253 Å². The molecule has 2 aliphatic heterocycles. The van der Waals surface area contributed by atoms with Crippen molar-refractivity contribution in [2.45, 2.75) is 90.4 Å². The van der Waals surface area contributed by atoms with Crippen molar-refractivity contribution in [3.63, 3.8) is 0 Å². The first-order valence-corrected chi connectivity index (χ1v) is 14.8. The molecule has 4 rings (SSSR count). The van der Waals surface area contributed by atoms with Gasteiger partial charge in [0.25, 0.3) is 11.1 Å². The van der Waals surface area contributed by atoms with Gasteiger partial charge in [-0.1, -0.05) is 27.7 Å². The lowest BCUT2D eigenvalue weighted by atomic mass is 9.99. The average molecular weight is 628 g/mol. The summed E-state index contributed by atoms with van der Waals surface area (Å²) in [5, 5.41) is 23.6. The van der Waals surface area contributed by atoms with Crippen LogP contribution in [0.1, 0.15) is 64.1 Å². The second-order valence-corrected chi connectivity index (χ2v) is 11.3. The molecule has 2 aromatic rings. The summed E-state index contributed by atoms with van der Waals surface area (Å²) in [6.07, 6.45) is 1.85. The highest BCUT2D eigenvalue weighted by Gasteiger charge is 2.42. The maximum atomic E-state index is 11.9. The molecule has 0 amide bonds. The van der Waals surface area contributed by atoms with E-state index in [1.54, 1.807) is 17.8 Å². The summed E-state index contributed by atoms with van der Waals surface area (Å²) in [6.45, 7) is 8.30. The molecule has 2 saturated heterocycles. The zero-order valence-corrected chi connectivity index (χ0v) is 26.3. The number of methoxy groups -OCH3 is 1. The second kappa shape index (κ2) is 14.8. The van der Waals surface area contributed by atoms with Gasteiger partial charge in [0.15, 0.2) is 22.0 Å². The first-order chi connectivity index (χ1) is 19.9. The number of nitrogens with one attached hydrogen (secondary N) is 3. The Morgan fingerprint density at radius 2 is 1.36 bits per heavy atom. The molecule has 0 aromatic carbocycles. The van der Waals surface area contributed by atoms with Crippen LogP contribution in [0, 0.1) is 21.4 Å². The maximum Gasteiger partial charge on any atom is 0.310 e. The van der Waals surface area contributed by atoms with Crippen LogP contribution >= 0.6 is 24.4 Å². The van der Waals surface area contributed by atoms with E-state index in [0.29, 0.717) is 12.1 Å². The third kappa shape index (κ3) is 7.33. The van der Waals surface area contributed by atoms with Crippen molar-refractivity contribution in [2.75, 3.05) is 14.2 Å². The Bertz CT molecular complexity index is 1470. The normalized spacial score (nSPS) is 28.8. The number of ether oxygens (including phenoxy) is 3. The van der Waals surface area contributed by atoms with Gasteiger partial charge in [-0.3, -0.25) is 33.5 Å². The zero-order chi connectivity index (χ0) is 31.3. The summed E-state index contributed by atoms with van der Waals surface area (Å²) in [6, 6.07) is 0. The third-order valence-corrected chi connectivity index (χ3v) is 8.45. The van der Waals surface area contributed by atoms with Crippen LogP contribution in [-0.2, 0) is 32.0 Å². The van der Waals surface area contributed by atoms with Crippen molar-refractivity contribution in [2.24, 2.45) is 11.8 Å². The topological polar surface area (TPSA) is 173 Å². The largest absolute Gasteiger partial charge is 0.469 e. The van der Waals surface area contributed by atoms with Gasteiger partial charge < -0.3 is 29.7 Å². The van der Waals surface area contributed by atoms with Crippen LogP contribution < -0.4 is 16.4 Å². The number of nitrogens with zero attached hydrogens (tertiary/aromatic N) is 2. The molecule has 2 aromatic heterocycles. The van der Waals surface area contributed by atoms with Crippen molar-refractivity contribution >= 4 is 30.4 Å². The van der Waals surface area contributed by atoms with E-state index < -0.39 is 36.2 Å². The molecule has 0 radical (unpaired) electrons. The first kappa shape index (κ1) is 34.0. The van der Waals surface area contributed by atoms with E-state index in [2.05, 4.69) is 20.0 Å². The van der Waals surface area contributed by atoms with E-state index in [1.165, 1.54) is 17.9 Å². The first-order valence-electron chi connectivity index (χ1n) is 13.9. The Morgan fingerprint density at radius 1 is 0.929 bits per heavy atom. The predicted octanol–water partition coefficient (Wildman–Crippen LogP) is 1.86. The van der Waals surface area contributed by atoms with Crippen molar-refractivity contribution in [3.8, 4) is 0 Å². The minimum Gasteiger partial charge on any atom is -0.469 e. The van der Waals surface area contributed by atoms with Crippen LogP contribution in [-0.4, -0.2) is 73.9 Å². The van der Waals surface area contributed by atoms with Crippen LogP contribution in [0.5, 0.6) is 0 Å². The van der Waals surface area contributed by atoms with Crippen LogP contribution in [0.3, 0.4) is 0 Å². The molecule has 13 nitrogen and oxygen atoms in total. The molecular formula is C27H41N5O8S2. The summed E-state index contributed by atoms with van der Waals surface area (Å²) >= 11 is 10.3. The number of carbonyl (C=O) groups excluding carboxylic acids is 1. The average Bonchev–Trinajstić information content (AvgIpc) is 3.41. The highest BCUT2D eigenvalue weighted by molar-refractivity contribution is 7.71. The molecule has 0 spiro atoms. The number of esters is 1. The van der Waals surface area contributed by atoms with Gasteiger partial charge in [0.2, 0.25) is 0 Å². The fourth-order valence-corrected chi connectivity index (χ4v) is 5.72. The minimum atomic E-state index is -0.742. The molecule has 0 bridgehead atoms. The van der Waals surface area contributed by atoms with Gasteiger partial charge in [0.1, 0.15) is 12.2 Å². The maximum absolute atomic E-state index is 11.9.